The van der Waals surface area contributed by atoms with Gasteiger partial charge in [0.05, 0.1) is 0 Å². The molecule has 0 bridgehead atoms. The van der Waals surface area contributed by atoms with E-state index in [0.29, 0.717) is 0 Å². The fourth-order valence-corrected chi connectivity index (χ4v) is 6.24. The number of carboxylic acid groups (broad SMARTS) is 1. The maximum atomic E-state index is 11.0. The van der Waals surface area contributed by atoms with Gasteiger partial charge < -0.3 is 0 Å². The first-order chi connectivity index (χ1) is 15.2. The molecule has 2 aromatic rings. The van der Waals surface area contributed by atoms with E-state index in [9.17, 15) is 4.79 Å². The van der Waals surface area contributed by atoms with Crippen LogP contribution in [0, 0.1) is 10.7 Å². The van der Waals surface area contributed by atoms with Crippen molar-refractivity contribution in [3.63, 3.8) is 0 Å². The van der Waals surface area contributed by atoms with Gasteiger partial charge in [0, 0.05) is 0 Å². The number of fused-ring (bicyclic) bond motifs is 1. The summed E-state index contributed by atoms with van der Waals surface area (Å²) in [7, 11) is 0. The summed E-state index contributed by atoms with van der Waals surface area (Å²) in [6.45, 7) is 12.4. The van der Waals surface area contributed by atoms with Crippen LogP contribution in [0.5, 0.6) is 5.75 Å². The van der Waals surface area contributed by atoms with Gasteiger partial charge in [-0.15, -0.1) is 0 Å². The monoisotopic (exact) mass is 498 g/mol. The summed E-state index contributed by atoms with van der Waals surface area (Å²) in [6, 6.07) is 11.2. The van der Waals surface area contributed by atoms with Crippen LogP contribution >= 0.6 is 0 Å². The molecule has 1 N–H and O–H groups in total. The third kappa shape index (κ3) is 5.58. The number of hydrogen-bond acceptors (Lipinski definition) is 2. The predicted molar refractivity (Wildman–Crippen MR) is 132 cm³/mol. The second kappa shape index (κ2) is 10.2. The average Bonchev–Trinajstić information content (AvgIpc) is 2.75. The van der Waals surface area contributed by atoms with Gasteiger partial charge in [-0.25, -0.2) is 0 Å². The molecule has 3 rings (SSSR count). The number of rotatable bonds is 7. The number of unbranched alkanes of at least 4 members (excludes halogenated alkanes) is 2. The van der Waals surface area contributed by atoms with Crippen LogP contribution < -0.4 is 9.20 Å². The van der Waals surface area contributed by atoms with Crippen molar-refractivity contribution in [1.29, 1.82) is 0 Å². The molecule has 0 spiro atoms. The zero-order valence-electron chi connectivity index (χ0n) is 19.9. The molecule has 0 aliphatic heterocycles. The van der Waals surface area contributed by atoms with E-state index in [1.54, 1.807) is 24.3 Å². The fraction of sp³-hybridized carbons (Fsp3) is 0.464. The Labute approximate surface area is 199 Å². The molecule has 0 amide bonds. The molecule has 0 unspecified atom stereocenters. The predicted octanol–water partition coefficient (Wildman–Crippen LogP) is 5.64. The van der Waals surface area contributed by atoms with Gasteiger partial charge in [0.2, 0.25) is 0 Å². The first-order valence-electron chi connectivity index (χ1n) is 11.5. The summed E-state index contributed by atoms with van der Waals surface area (Å²) in [5, 5.41) is 9.06. The van der Waals surface area contributed by atoms with E-state index < -0.39 is 5.97 Å². The van der Waals surface area contributed by atoms with E-state index >= 15 is 0 Å². The van der Waals surface area contributed by atoms with Crippen molar-refractivity contribution in [1.82, 2.24) is 0 Å². The average molecular weight is 498 g/mol. The number of aromatic carboxylic acids is 1. The Morgan fingerprint density at radius 3 is 2.28 bits per heavy atom. The van der Waals surface area contributed by atoms with Gasteiger partial charge in [0.15, 0.2) is 0 Å². The van der Waals surface area contributed by atoms with Gasteiger partial charge in [-0.1, -0.05) is 0 Å². The van der Waals surface area contributed by atoms with Gasteiger partial charge in [-0.3, -0.25) is 0 Å². The Kier molecular flexibility index (Phi) is 7.75. The topological polar surface area (TPSA) is 46.5 Å². The van der Waals surface area contributed by atoms with Crippen molar-refractivity contribution in [2.45, 2.75) is 77.6 Å². The van der Waals surface area contributed by atoms with Crippen molar-refractivity contribution >= 4 is 25.4 Å². The molecule has 0 heterocycles. The third-order valence-corrected chi connectivity index (χ3v) is 7.95. The standard InChI is InChI=1S/C28H34O3Se/c1-6-7-8-18-31-22-13-14-23(25-24(22)27(2,3)16-17-28(25,4)5)32-19-15-20-9-11-21(12-10-20)26(29)30/h9-14H,6-8,16-18H2,1-5H3,(H,29,30). The summed E-state index contributed by atoms with van der Waals surface area (Å²) >= 11 is 0.000976. The van der Waals surface area contributed by atoms with Crippen LogP contribution in [0.2, 0.25) is 0 Å². The van der Waals surface area contributed by atoms with E-state index in [-0.39, 0.29) is 31.4 Å². The molecule has 0 fully saturated rings. The first-order valence-corrected chi connectivity index (χ1v) is 13.2. The summed E-state index contributed by atoms with van der Waals surface area (Å²) in [5.41, 5.74) is 4.11. The minimum absolute atomic E-state index is 0.000976. The summed E-state index contributed by atoms with van der Waals surface area (Å²) in [4.78, 5) is 14.4. The van der Waals surface area contributed by atoms with Gasteiger partial charge in [-0.05, 0) is 0 Å². The molecule has 0 radical (unpaired) electrons. The van der Waals surface area contributed by atoms with Crippen molar-refractivity contribution in [2.24, 2.45) is 0 Å². The van der Waals surface area contributed by atoms with E-state index in [4.69, 9.17) is 9.84 Å². The van der Waals surface area contributed by atoms with Crippen LogP contribution in [0.4, 0.5) is 0 Å². The summed E-state index contributed by atoms with van der Waals surface area (Å²) in [6.07, 6.45) is 5.78. The molecule has 0 saturated carbocycles. The minimum atomic E-state index is -0.915. The molecular weight excluding hydrogens is 463 g/mol. The Bertz CT molecular complexity index is 1020. The normalized spacial score (nSPS) is 15.9. The molecule has 1 aliphatic rings. The molecule has 1 aliphatic carbocycles. The van der Waals surface area contributed by atoms with Crippen molar-refractivity contribution < 1.29 is 14.6 Å². The number of benzene rings is 2. The van der Waals surface area contributed by atoms with E-state index in [1.165, 1.54) is 28.4 Å². The van der Waals surface area contributed by atoms with Gasteiger partial charge in [-0.2, -0.15) is 0 Å². The SMILES string of the molecule is CCCCCOc1ccc([Se]C#Cc2ccc(C(=O)O)cc2)c2c1C(C)(C)CCC2(C)C. The molecule has 0 aromatic heterocycles. The third-order valence-electron chi connectivity index (χ3n) is 6.35. The molecule has 2 aromatic carbocycles. The summed E-state index contributed by atoms with van der Waals surface area (Å²) in [5.74, 6) is 3.36. The molecule has 3 nitrogen and oxygen atoms in total. The van der Waals surface area contributed by atoms with Crippen LogP contribution in [0.1, 0.15) is 93.8 Å². The van der Waals surface area contributed by atoms with Crippen LogP contribution in [0.25, 0.3) is 0 Å². The Hall–Kier alpha value is -2.21. The van der Waals surface area contributed by atoms with Crippen molar-refractivity contribution in [3.8, 4) is 16.5 Å². The Balaban J connectivity index is 1.93. The number of carboxylic acids is 1. The number of hydrogen-bond donors (Lipinski definition) is 1. The van der Waals surface area contributed by atoms with Gasteiger partial charge in [0.25, 0.3) is 0 Å². The molecule has 32 heavy (non-hydrogen) atoms. The van der Waals surface area contributed by atoms with Crippen LogP contribution in [0.15, 0.2) is 36.4 Å². The van der Waals surface area contributed by atoms with E-state index in [0.717, 1.165) is 37.2 Å². The molecular formula is C28H34O3Se. The zero-order chi connectivity index (χ0) is 23.4. The van der Waals surface area contributed by atoms with E-state index in [2.05, 4.69) is 57.5 Å². The Morgan fingerprint density at radius 1 is 1.00 bits per heavy atom. The zero-order valence-corrected chi connectivity index (χ0v) is 21.6. The first kappa shape index (κ1) is 24.4. The molecule has 170 valence electrons. The quantitative estimate of drug-likeness (QED) is 0.306. The molecule has 0 atom stereocenters. The fourth-order valence-electron chi connectivity index (χ4n) is 4.36. The maximum absolute atomic E-state index is 11.0. The number of ether oxygens (including phenoxy) is 1. The second-order valence-electron chi connectivity index (χ2n) is 9.85. The molecule has 0 saturated heterocycles. The van der Waals surface area contributed by atoms with Crippen molar-refractivity contribution in [2.75, 3.05) is 6.61 Å². The van der Waals surface area contributed by atoms with Gasteiger partial charge >= 0.3 is 199 Å². The second-order valence-corrected chi connectivity index (χ2v) is 11.6. The van der Waals surface area contributed by atoms with Crippen LogP contribution in [-0.4, -0.2) is 32.6 Å². The van der Waals surface area contributed by atoms with E-state index in [1.807, 2.05) is 0 Å². The Morgan fingerprint density at radius 2 is 1.66 bits per heavy atom. The number of carbonyl (C=O) groups is 1. The van der Waals surface area contributed by atoms with Gasteiger partial charge in [0.1, 0.15) is 0 Å². The summed E-state index contributed by atoms with van der Waals surface area (Å²) < 4.78 is 7.65. The van der Waals surface area contributed by atoms with Crippen LogP contribution in [-0.2, 0) is 10.8 Å². The van der Waals surface area contributed by atoms with Crippen LogP contribution in [0.3, 0.4) is 0 Å². The molecule has 4 heteroatoms. The van der Waals surface area contributed by atoms with Crippen molar-refractivity contribution in [3.05, 3.63) is 58.7 Å².